The summed E-state index contributed by atoms with van der Waals surface area (Å²) in [7, 11) is 0. The van der Waals surface area contributed by atoms with Crippen molar-refractivity contribution in [1.82, 2.24) is 16.2 Å². The van der Waals surface area contributed by atoms with Crippen molar-refractivity contribution >= 4 is 40.9 Å². The summed E-state index contributed by atoms with van der Waals surface area (Å²) in [6.45, 7) is 3.50. The van der Waals surface area contributed by atoms with Gasteiger partial charge in [0.05, 0.1) is 16.8 Å². The van der Waals surface area contributed by atoms with Gasteiger partial charge in [0.1, 0.15) is 6.04 Å². The van der Waals surface area contributed by atoms with Crippen molar-refractivity contribution in [1.29, 1.82) is 0 Å². The molecule has 3 N–H and O–H groups in total. The Bertz CT molecular complexity index is 806. The lowest BCUT2D eigenvalue weighted by Gasteiger charge is -2.21. The summed E-state index contributed by atoms with van der Waals surface area (Å²) in [5.41, 5.74) is 4.64. The zero-order valence-corrected chi connectivity index (χ0v) is 15.5. The van der Waals surface area contributed by atoms with Crippen LogP contribution in [0.25, 0.3) is 0 Å². The molecule has 1 atom stereocenters. The Morgan fingerprint density at radius 1 is 1.04 bits per heavy atom. The minimum Gasteiger partial charge on any atom is -0.459 e. The number of carbonyl (C=O) groups excluding carboxylic acids is 3. The molecular formula is C17H17Cl2N3O4. The highest BCUT2D eigenvalue weighted by molar-refractivity contribution is 6.35. The van der Waals surface area contributed by atoms with Gasteiger partial charge in [-0.3, -0.25) is 25.2 Å². The van der Waals surface area contributed by atoms with Gasteiger partial charge in [0, 0.05) is 5.02 Å². The number of halogens is 2. The number of rotatable bonds is 5. The summed E-state index contributed by atoms with van der Waals surface area (Å²) in [5.74, 6) is -1.91. The number of hydrogen-bond donors (Lipinski definition) is 3. The summed E-state index contributed by atoms with van der Waals surface area (Å²) >= 11 is 11.8. The Hall–Kier alpha value is -2.51. The van der Waals surface area contributed by atoms with Crippen LogP contribution >= 0.6 is 23.2 Å². The third-order valence-electron chi connectivity index (χ3n) is 3.45. The molecule has 0 saturated carbocycles. The molecule has 0 bridgehead atoms. The Morgan fingerprint density at radius 3 is 2.38 bits per heavy atom. The molecule has 1 aromatic heterocycles. The Kier molecular flexibility index (Phi) is 6.65. The van der Waals surface area contributed by atoms with Crippen molar-refractivity contribution in [3.05, 3.63) is 58.0 Å². The van der Waals surface area contributed by atoms with Crippen LogP contribution in [-0.4, -0.2) is 23.8 Å². The van der Waals surface area contributed by atoms with Crippen LogP contribution < -0.4 is 16.2 Å². The van der Waals surface area contributed by atoms with E-state index in [1.807, 2.05) is 0 Å². The second kappa shape index (κ2) is 8.73. The molecule has 2 rings (SSSR count). The van der Waals surface area contributed by atoms with Gasteiger partial charge in [0.25, 0.3) is 17.7 Å². The number of carbonyl (C=O) groups is 3. The van der Waals surface area contributed by atoms with E-state index in [0.717, 1.165) is 0 Å². The molecule has 0 saturated heterocycles. The van der Waals surface area contributed by atoms with Crippen molar-refractivity contribution in [2.75, 3.05) is 0 Å². The van der Waals surface area contributed by atoms with Crippen molar-refractivity contribution in [3.8, 4) is 0 Å². The number of hydrogen-bond acceptors (Lipinski definition) is 4. The summed E-state index contributed by atoms with van der Waals surface area (Å²) in [6, 6.07) is 6.55. The summed E-state index contributed by atoms with van der Waals surface area (Å²) in [4.78, 5) is 36.6. The molecule has 3 amide bonds. The van der Waals surface area contributed by atoms with E-state index < -0.39 is 23.8 Å². The second-order valence-electron chi connectivity index (χ2n) is 5.74. The molecule has 7 nitrogen and oxygen atoms in total. The van der Waals surface area contributed by atoms with Crippen molar-refractivity contribution < 1.29 is 18.8 Å². The number of hydrazine groups is 1. The fourth-order valence-corrected chi connectivity index (χ4v) is 2.47. The topological polar surface area (TPSA) is 100 Å². The van der Waals surface area contributed by atoms with Gasteiger partial charge in [-0.2, -0.15) is 0 Å². The lowest BCUT2D eigenvalue weighted by atomic mass is 10.0. The molecule has 0 unspecified atom stereocenters. The molecule has 138 valence electrons. The van der Waals surface area contributed by atoms with Crippen LogP contribution in [0, 0.1) is 5.92 Å². The van der Waals surface area contributed by atoms with E-state index in [-0.39, 0.29) is 22.3 Å². The largest absolute Gasteiger partial charge is 0.459 e. The molecule has 26 heavy (non-hydrogen) atoms. The summed E-state index contributed by atoms with van der Waals surface area (Å²) in [6.07, 6.45) is 1.36. The highest BCUT2D eigenvalue weighted by Crippen LogP contribution is 2.20. The van der Waals surface area contributed by atoms with E-state index in [1.165, 1.54) is 30.5 Å². The third-order valence-corrected chi connectivity index (χ3v) is 4.02. The predicted octanol–water partition coefficient (Wildman–Crippen LogP) is 2.80. The molecule has 1 aromatic carbocycles. The summed E-state index contributed by atoms with van der Waals surface area (Å²) < 4.78 is 5.00. The smallest absolute Gasteiger partial charge is 0.287 e. The SMILES string of the molecule is CC(C)[C@H](NC(=O)c1ccco1)C(=O)NNC(=O)c1cc(Cl)ccc1Cl. The molecule has 0 spiro atoms. The number of nitrogens with one attached hydrogen (secondary N) is 3. The van der Waals surface area contributed by atoms with E-state index >= 15 is 0 Å². The normalized spacial score (nSPS) is 11.7. The maximum Gasteiger partial charge on any atom is 0.287 e. The van der Waals surface area contributed by atoms with Gasteiger partial charge >= 0.3 is 0 Å². The van der Waals surface area contributed by atoms with Crippen LogP contribution in [0.1, 0.15) is 34.8 Å². The van der Waals surface area contributed by atoms with E-state index in [1.54, 1.807) is 19.9 Å². The Balaban J connectivity index is 2.00. The summed E-state index contributed by atoms with van der Waals surface area (Å²) in [5, 5.41) is 3.08. The van der Waals surface area contributed by atoms with Crippen molar-refractivity contribution in [2.24, 2.45) is 5.92 Å². The maximum absolute atomic E-state index is 12.3. The van der Waals surface area contributed by atoms with E-state index in [9.17, 15) is 14.4 Å². The van der Waals surface area contributed by atoms with Crippen LogP contribution in [0.15, 0.2) is 41.0 Å². The molecule has 2 aromatic rings. The first-order chi connectivity index (χ1) is 12.3. The minimum atomic E-state index is -0.886. The fourth-order valence-electron chi connectivity index (χ4n) is 2.09. The standard InChI is InChI=1S/C17H17Cl2N3O4/c1-9(2)14(20-16(24)13-4-3-7-26-13)17(25)22-21-15(23)11-8-10(18)5-6-12(11)19/h3-9,14H,1-2H3,(H,20,24)(H,21,23)(H,22,25)/t14-/m0/s1. The molecule has 0 aliphatic heterocycles. The van der Waals surface area contributed by atoms with Gasteiger partial charge in [0.15, 0.2) is 5.76 Å². The first-order valence-corrected chi connectivity index (χ1v) is 8.44. The van der Waals surface area contributed by atoms with E-state index in [2.05, 4.69) is 16.2 Å². The Morgan fingerprint density at radius 2 is 1.77 bits per heavy atom. The first-order valence-electron chi connectivity index (χ1n) is 7.69. The lowest BCUT2D eigenvalue weighted by molar-refractivity contribution is -0.124. The van der Waals surface area contributed by atoms with Crippen LogP contribution in [0.2, 0.25) is 10.0 Å². The average Bonchev–Trinajstić information content (AvgIpc) is 3.13. The maximum atomic E-state index is 12.3. The van der Waals surface area contributed by atoms with Gasteiger partial charge in [-0.25, -0.2) is 0 Å². The zero-order valence-electron chi connectivity index (χ0n) is 14.0. The van der Waals surface area contributed by atoms with Crippen molar-refractivity contribution in [3.63, 3.8) is 0 Å². The van der Waals surface area contributed by atoms with E-state index in [4.69, 9.17) is 27.6 Å². The molecule has 0 aliphatic rings. The molecule has 0 aliphatic carbocycles. The second-order valence-corrected chi connectivity index (χ2v) is 6.58. The van der Waals surface area contributed by atoms with Crippen LogP contribution in [0.5, 0.6) is 0 Å². The third kappa shape index (κ3) is 5.00. The number of furan rings is 1. The van der Waals surface area contributed by atoms with Gasteiger partial charge in [-0.1, -0.05) is 37.0 Å². The zero-order chi connectivity index (χ0) is 19.3. The minimum absolute atomic E-state index is 0.0817. The quantitative estimate of drug-likeness (QED) is 0.675. The highest BCUT2D eigenvalue weighted by Gasteiger charge is 2.26. The number of benzene rings is 1. The van der Waals surface area contributed by atoms with Gasteiger partial charge < -0.3 is 9.73 Å². The van der Waals surface area contributed by atoms with Gasteiger partial charge in [-0.05, 0) is 36.2 Å². The lowest BCUT2D eigenvalue weighted by Crippen LogP contribution is -2.54. The Labute approximate surface area is 160 Å². The monoisotopic (exact) mass is 397 g/mol. The first kappa shape index (κ1) is 19.8. The highest BCUT2D eigenvalue weighted by atomic mass is 35.5. The molecule has 1 heterocycles. The van der Waals surface area contributed by atoms with Crippen LogP contribution in [0.4, 0.5) is 0 Å². The predicted molar refractivity (Wildman–Crippen MR) is 96.9 cm³/mol. The van der Waals surface area contributed by atoms with Crippen LogP contribution in [0.3, 0.4) is 0 Å². The van der Waals surface area contributed by atoms with Gasteiger partial charge in [-0.15, -0.1) is 0 Å². The van der Waals surface area contributed by atoms with Crippen LogP contribution in [-0.2, 0) is 4.79 Å². The molecule has 0 fully saturated rings. The molecule has 0 radical (unpaired) electrons. The fraction of sp³-hybridized carbons (Fsp3) is 0.235. The van der Waals surface area contributed by atoms with Gasteiger partial charge in [0.2, 0.25) is 0 Å². The van der Waals surface area contributed by atoms with Crippen molar-refractivity contribution in [2.45, 2.75) is 19.9 Å². The molecule has 9 heteroatoms. The van der Waals surface area contributed by atoms with E-state index in [0.29, 0.717) is 5.02 Å². The average molecular weight is 398 g/mol. The molecular weight excluding hydrogens is 381 g/mol. The number of amides is 3.